The second-order valence-electron chi connectivity index (χ2n) is 5.73. The van der Waals surface area contributed by atoms with Crippen LogP contribution in [0.15, 0.2) is 34.2 Å². The Labute approximate surface area is 151 Å². The minimum Gasteiger partial charge on any atom is -0.378 e. The molecule has 1 aromatic carbocycles. The fourth-order valence-electron chi connectivity index (χ4n) is 2.42. The number of benzene rings is 1. The Morgan fingerprint density at radius 2 is 1.87 bits per heavy atom. The molecular formula is C17H21BrN2O2S. The molecule has 4 nitrogen and oxygen atoms in total. The number of rotatable bonds is 2. The molecule has 1 saturated heterocycles. The Morgan fingerprint density at radius 1 is 1.22 bits per heavy atom. The van der Waals surface area contributed by atoms with E-state index in [1.807, 2.05) is 6.08 Å². The van der Waals surface area contributed by atoms with Crippen molar-refractivity contribution in [2.45, 2.75) is 19.8 Å². The van der Waals surface area contributed by atoms with Crippen molar-refractivity contribution in [3.63, 3.8) is 0 Å². The summed E-state index contributed by atoms with van der Waals surface area (Å²) >= 11 is 1.46. The molecule has 23 heavy (non-hydrogen) atoms. The van der Waals surface area contributed by atoms with Gasteiger partial charge in [-0.1, -0.05) is 38.1 Å². The first-order valence-electron chi connectivity index (χ1n) is 7.59. The largest absolute Gasteiger partial charge is 0.378 e. The molecule has 0 aromatic heterocycles. The number of ether oxygens (including phenoxy) is 1. The highest BCUT2D eigenvalue weighted by atomic mass is 79.9. The molecule has 1 fully saturated rings. The van der Waals surface area contributed by atoms with Crippen LogP contribution in [-0.4, -0.2) is 42.3 Å². The molecule has 0 spiro atoms. The average Bonchev–Trinajstić information content (AvgIpc) is 2.90. The van der Waals surface area contributed by atoms with E-state index in [0.29, 0.717) is 24.0 Å². The molecule has 1 amide bonds. The van der Waals surface area contributed by atoms with E-state index in [4.69, 9.17) is 4.74 Å². The van der Waals surface area contributed by atoms with Crippen LogP contribution in [0.5, 0.6) is 0 Å². The van der Waals surface area contributed by atoms with Crippen molar-refractivity contribution in [2.24, 2.45) is 4.99 Å². The number of amidine groups is 1. The van der Waals surface area contributed by atoms with Gasteiger partial charge in [0.05, 0.1) is 18.1 Å². The number of amides is 1. The van der Waals surface area contributed by atoms with Crippen LogP contribution in [0.3, 0.4) is 0 Å². The maximum Gasteiger partial charge on any atom is 0.286 e. The van der Waals surface area contributed by atoms with E-state index in [1.54, 1.807) is 0 Å². The van der Waals surface area contributed by atoms with Crippen molar-refractivity contribution in [1.29, 1.82) is 0 Å². The Morgan fingerprint density at radius 3 is 2.48 bits per heavy atom. The quantitative estimate of drug-likeness (QED) is 0.714. The molecule has 0 unspecified atom stereocenters. The summed E-state index contributed by atoms with van der Waals surface area (Å²) in [6.45, 7) is 7.34. The molecule has 0 saturated carbocycles. The molecule has 124 valence electrons. The van der Waals surface area contributed by atoms with Crippen LogP contribution in [0.4, 0.5) is 0 Å². The predicted molar refractivity (Wildman–Crippen MR) is 101 cm³/mol. The van der Waals surface area contributed by atoms with Crippen LogP contribution < -0.4 is 0 Å². The summed E-state index contributed by atoms with van der Waals surface area (Å²) in [4.78, 5) is 19.1. The van der Waals surface area contributed by atoms with Crippen LogP contribution in [0.2, 0.25) is 0 Å². The molecule has 6 heteroatoms. The monoisotopic (exact) mass is 396 g/mol. The molecule has 3 rings (SSSR count). The summed E-state index contributed by atoms with van der Waals surface area (Å²) in [5, 5.41) is 0.804. The summed E-state index contributed by atoms with van der Waals surface area (Å²) in [7, 11) is 0. The molecule has 2 aliphatic rings. The summed E-state index contributed by atoms with van der Waals surface area (Å²) in [5.41, 5.74) is 2.34. The van der Waals surface area contributed by atoms with Gasteiger partial charge in [0.15, 0.2) is 5.17 Å². The lowest BCUT2D eigenvalue weighted by Crippen LogP contribution is -2.38. The van der Waals surface area contributed by atoms with Gasteiger partial charge in [-0.3, -0.25) is 4.79 Å². The SMILES string of the molecule is Br.CC(C)c1ccc(/C=C2\SC(N3CCOCC3)=NC2=O)cc1. The van der Waals surface area contributed by atoms with E-state index in [0.717, 1.165) is 23.8 Å². The summed E-state index contributed by atoms with van der Waals surface area (Å²) < 4.78 is 5.33. The highest BCUT2D eigenvalue weighted by molar-refractivity contribution is 8.93. The van der Waals surface area contributed by atoms with E-state index in [2.05, 4.69) is 48.0 Å². The molecule has 0 bridgehead atoms. The zero-order valence-corrected chi connectivity index (χ0v) is 15.8. The molecule has 0 atom stereocenters. The topological polar surface area (TPSA) is 41.9 Å². The molecule has 2 heterocycles. The van der Waals surface area contributed by atoms with Crippen molar-refractivity contribution in [1.82, 2.24) is 4.90 Å². The summed E-state index contributed by atoms with van der Waals surface area (Å²) in [6.07, 6.45) is 1.92. The van der Waals surface area contributed by atoms with Crippen molar-refractivity contribution in [2.75, 3.05) is 26.3 Å². The number of morpholine rings is 1. The Kier molecular flexibility index (Phi) is 6.44. The van der Waals surface area contributed by atoms with Crippen LogP contribution >= 0.6 is 28.7 Å². The lowest BCUT2D eigenvalue weighted by atomic mass is 10.0. The average molecular weight is 397 g/mol. The van der Waals surface area contributed by atoms with Crippen LogP contribution in [-0.2, 0) is 9.53 Å². The third-order valence-corrected chi connectivity index (χ3v) is 4.84. The Bertz CT molecular complexity index is 620. The highest BCUT2D eigenvalue weighted by Crippen LogP contribution is 2.30. The van der Waals surface area contributed by atoms with Crippen LogP contribution in [0.25, 0.3) is 6.08 Å². The van der Waals surface area contributed by atoms with Gasteiger partial charge in [-0.25, -0.2) is 0 Å². The van der Waals surface area contributed by atoms with Crippen LogP contribution in [0.1, 0.15) is 30.9 Å². The number of nitrogens with zero attached hydrogens (tertiary/aromatic N) is 2. The summed E-state index contributed by atoms with van der Waals surface area (Å²) in [6, 6.07) is 8.35. The minimum atomic E-state index is -0.139. The normalized spacial score (nSPS) is 20.0. The molecular weight excluding hydrogens is 376 g/mol. The third-order valence-electron chi connectivity index (χ3n) is 3.79. The molecule has 0 N–H and O–H groups in total. The number of aliphatic imine (C=N–C) groups is 1. The third kappa shape index (κ3) is 4.46. The number of thioether (sulfide) groups is 1. The predicted octanol–water partition coefficient (Wildman–Crippen LogP) is 3.69. The first-order chi connectivity index (χ1) is 10.6. The van der Waals surface area contributed by atoms with Gasteiger partial charge in [0.25, 0.3) is 5.91 Å². The van der Waals surface area contributed by atoms with E-state index < -0.39 is 0 Å². The zero-order valence-electron chi connectivity index (χ0n) is 13.3. The van der Waals surface area contributed by atoms with Gasteiger partial charge in [0.1, 0.15) is 0 Å². The Hall–Kier alpha value is -1.11. The molecule has 2 aliphatic heterocycles. The van der Waals surface area contributed by atoms with Crippen molar-refractivity contribution >= 4 is 45.9 Å². The number of halogens is 1. The fourth-order valence-corrected chi connectivity index (χ4v) is 3.38. The van der Waals surface area contributed by atoms with Crippen molar-refractivity contribution in [3.8, 4) is 0 Å². The van der Waals surface area contributed by atoms with E-state index in [9.17, 15) is 4.79 Å². The number of hydrogen-bond acceptors (Lipinski definition) is 4. The van der Waals surface area contributed by atoms with E-state index in [1.165, 1.54) is 17.3 Å². The number of carbonyl (C=O) groups excluding carboxylic acids is 1. The molecule has 1 aromatic rings. The van der Waals surface area contributed by atoms with Gasteiger partial charge >= 0.3 is 0 Å². The lowest BCUT2D eigenvalue weighted by molar-refractivity contribution is -0.113. The first kappa shape index (κ1) is 18.2. The van der Waals surface area contributed by atoms with Crippen molar-refractivity contribution < 1.29 is 9.53 Å². The number of hydrogen-bond donors (Lipinski definition) is 0. The van der Waals surface area contributed by atoms with Gasteiger partial charge in [0, 0.05) is 13.1 Å². The zero-order chi connectivity index (χ0) is 15.5. The second-order valence-corrected chi connectivity index (χ2v) is 6.74. The maximum atomic E-state index is 12.1. The minimum absolute atomic E-state index is 0. The molecule has 0 radical (unpaired) electrons. The standard InChI is InChI=1S/C17H20N2O2S.BrH/c1-12(2)14-5-3-13(4-6-14)11-15-16(20)18-17(22-15)19-7-9-21-10-8-19;/h3-6,11-12H,7-10H2,1-2H3;1H/b15-11-;. The fraction of sp³-hybridized carbons (Fsp3) is 0.412. The maximum absolute atomic E-state index is 12.1. The van der Waals surface area contributed by atoms with Gasteiger partial charge < -0.3 is 9.64 Å². The van der Waals surface area contributed by atoms with Gasteiger partial charge in [-0.05, 0) is 34.9 Å². The highest BCUT2D eigenvalue weighted by Gasteiger charge is 2.26. The van der Waals surface area contributed by atoms with Gasteiger partial charge in [0.2, 0.25) is 0 Å². The summed E-state index contributed by atoms with van der Waals surface area (Å²) in [5.74, 6) is 0.375. The van der Waals surface area contributed by atoms with E-state index in [-0.39, 0.29) is 22.9 Å². The smallest absolute Gasteiger partial charge is 0.286 e. The molecule has 0 aliphatic carbocycles. The van der Waals surface area contributed by atoms with Gasteiger partial charge in [-0.2, -0.15) is 4.99 Å². The first-order valence-corrected chi connectivity index (χ1v) is 8.40. The second kappa shape index (κ2) is 8.13. The lowest BCUT2D eigenvalue weighted by Gasteiger charge is -2.27. The van der Waals surface area contributed by atoms with E-state index >= 15 is 0 Å². The van der Waals surface area contributed by atoms with Crippen LogP contribution in [0, 0.1) is 0 Å². The Balaban J connectivity index is 0.00000192. The van der Waals surface area contributed by atoms with Crippen molar-refractivity contribution in [3.05, 3.63) is 40.3 Å². The van der Waals surface area contributed by atoms with Gasteiger partial charge in [-0.15, -0.1) is 17.0 Å². The number of carbonyl (C=O) groups is 1.